The fourth-order valence-corrected chi connectivity index (χ4v) is 6.44. The second-order valence-corrected chi connectivity index (χ2v) is 11.9. The number of aromatic nitrogens is 1. The number of sulfonamides is 1. The highest BCUT2D eigenvalue weighted by Gasteiger charge is 2.28. The maximum atomic E-state index is 13.5. The highest BCUT2D eigenvalue weighted by atomic mass is 35.5. The van der Waals surface area contributed by atoms with E-state index in [1.54, 1.807) is 55.5 Å². The number of aryl methyl sites for hydroxylation is 2. The van der Waals surface area contributed by atoms with Crippen molar-refractivity contribution in [3.63, 3.8) is 0 Å². The summed E-state index contributed by atoms with van der Waals surface area (Å²) in [5, 5.41) is 5.58. The molecule has 1 amide bonds. The molecule has 0 saturated carbocycles. The summed E-state index contributed by atoms with van der Waals surface area (Å²) in [6.45, 7) is 5.07. The van der Waals surface area contributed by atoms with E-state index in [1.807, 2.05) is 30.5 Å². The van der Waals surface area contributed by atoms with Gasteiger partial charge in [-0.3, -0.25) is 9.10 Å². The standard InChI is InChI=1S/C28H25Cl3N4O3S/c1-18-13-22(29)9-11-26(18)34(39(37,38)24-7-5-4-6-8-24)17-28(36)33-32-16-21-14-19(2)35(20(21)3)27-12-10-23(30)15-25(27)31/h4-16H,17H2,1-3H3,(H,33,36)/b32-16-. The van der Waals surface area contributed by atoms with E-state index in [2.05, 4.69) is 10.5 Å². The van der Waals surface area contributed by atoms with Gasteiger partial charge in [-0.1, -0.05) is 53.0 Å². The van der Waals surface area contributed by atoms with Crippen LogP contribution in [0.2, 0.25) is 15.1 Å². The van der Waals surface area contributed by atoms with Crippen molar-refractivity contribution in [3.05, 3.63) is 110 Å². The van der Waals surface area contributed by atoms with Crippen LogP contribution < -0.4 is 9.73 Å². The molecular weight excluding hydrogens is 579 g/mol. The predicted molar refractivity (Wildman–Crippen MR) is 158 cm³/mol. The lowest BCUT2D eigenvalue weighted by Gasteiger charge is -2.25. The second-order valence-electron chi connectivity index (χ2n) is 8.81. The van der Waals surface area contributed by atoms with Crippen LogP contribution in [0.5, 0.6) is 0 Å². The zero-order chi connectivity index (χ0) is 28.3. The Labute approximate surface area is 242 Å². The van der Waals surface area contributed by atoms with Gasteiger partial charge in [0.1, 0.15) is 6.54 Å². The van der Waals surface area contributed by atoms with Crippen molar-refractivity contribution in [3.8, 4) is 5.69 Å². The molecule has 7 nitrogen and oxygen atoms in total. The molecule has 0 spiro atoms. The molecule has 0 atom stereocenters. The van der Waals surface area contributed by atoms with E-state index in [1.165, 1.54) is 18.3 Å². The first-order valence-electron chi connectivity index (χ1n) is 11.8. The third-order valence-electron chi connectivity index (χ3n) is 6.06. The molecule has 202 valence electrons. The lowest BCUT2D eigenvalue weighted by atomic mass is 10.2. The Balaban J connectivity index is 1.58. The van der Waals surface area contributed by atoms with E-state index in [-0.39, 0.29) is 4.90 Å². The van der Waals surface area contributed by atoms with Gasteiger partial charge in [-0.05, 0) is 80.9 Å². The Morgan fingerprint density at radius 1 is 0.949 bits per heavy atom. The van der Waals surface area contributed by atoms with Crippen molar-refractivity contribution >= 4 is 62.6 Å². The average Bonchev–Trinajstić information content (AvgIpc) is 3.16. The van der Waals surface area contributed by atoms with Crippen LogP contribution in [0.25, 0.3) is 5.69 Å². The van der Waals surface area contributed by atoms with Crippen LogP contribution in [0.15, 0.2) is 82.8 Å². The first-order valence-corrected chi connectivity index (χ1v) is 14.4. The van der Waals surface area contributed by atoms with E-state index in [0.717, 1.165) is 26.9 Å². The second kappa shape index (κ2) is 11.8. The minimum absolute atomic E-state index is 0.0592. The number of rotatable bonds is 8. The molecule has 3 aromatic carbocycles. The number of anilines is 1. The molecule has 4 aromatic rings. The summed E-state index contributed by atoms with van der Waals surface area (Å²) < 4.78 is 30.0. The van der Waals surface area contributed by atoms with Gasteiger partial charge in [-0.15, -0.1) is 0 Å². The van der Waals surface area contributed by atoms with Gasteiger partial charge in [-0.25, -0.2) is 13.8 Å². The van der Waals surface area contributed by atoms with Gasteiger partial charge < -0.3 is 4.57 Å². The van der Waals surface area contributed by atoms with Crippen LogP contribution in [0.1, 0.15) is 22.5 Å². The zero-order valence-corrected chi connectivity index (χ0v) is 24.4. The Kier molecular flexibility index (Phi) is 8.71. The van der Waals surface area contributed by atoms with Crippen LogP contribution in [0, 0.1) is 20.8 Å². The third-order valence-corrected chi connectivity index (χ3v) is 8.61. The monoisotopic (exact) mass is 602 g/mol. The SMILES string of the molecule is Cc1cc(Cl)ccc1N(CC(=O)N/N=C\c1cc(C)n(-c2ccc(Cl)cc2Cl)c1C)S(=O)(=O)c1ccccc1. The maximum Gasteiger partial charge on any atom is 0.264 e. The fraction of sp³-hybridized carbons (Fsp3) is 0.143. The van der Waals surface area contributed by atoms with Gasteiger partial charge in [-0.2, -0.15) is 5.10 Å². The minimum Gasteiger partial charge on any atom is -0.316 e. The molecule has 0 unspecified atom stereocenters. The summed E-state index contributed by atoms with van der Waals surface area (Å²) in [6.07, 6.45) is 1.50. The number of carbonyl (C=O) groups is 1. The molecular formula is C28H25Cl3N4O3S. The molecule has 1 N–H and O–H groups in total. The van der Waals surface area contributed by atoms with Gasteiger partial charge >= 0.3 is 0 Å². The van der Waals surface area contributed by atoms with Gasteiger partial charge in [0.2, 0.25) is 0 Å². The van der Waals surface area contributed by atoms with Crippen LogP contribution in [0.3, 0.4) is 0 Å². The van der Waals surface area contributed by atoms with Gasteiger partial charge in [0.15, 0.2) is 0 Å². The van der Waals surface area contributed by atoms with Gasteiger partial charge in [0, 0.05) is 27.0 Å². The van der Waals surface area contributed by atoms with Crippen molar-refractivity contribution < 1.29 is 13.2 Å². The Morgan fingerprint density at radius 3 is 2.28 bits per heavy atom. The lowest BCUT2D eigenvalue weighted by molar-refractivity contribution is -0.119. The summed E-state index contributed by atoms with van der Waals surface area (Å²) in [5.74, 6) is -0.616. The molecule has 0 aliphatic heterocycles. The fourth-order valence-electron chi connectivity index (χ4n) is 4.21. The highest BCUT2D eigenvalue weighted by molar-refractivity contribution is 7.92. The number of hydrazone groups is 1. The number of benzene rings is 3. The number of hydrogen-bond donors (Lipinski definition) is 1. The maximum absolute atomic E-state index is 13.5. The lowest BCUT2D eigenvalue weighted by Crippen LogP contribution is -2.40. The number of halogens is 3. The summed E-state index contributed by atoms with van der Waals surface area (Å²) >= 11 is 18.5. The summed E-state index contributed by atoms with van der Waals surface area (Å²) in [7, 11) is -4.06. The van der Waals surface area contributed by atoms with E-state index in [0.29, 0.717) is 26.3 Å². The topological polar surface area (TPSA) is 83.8 Å². The minimum atomic E-state index is -4.06. The van der Waals surface area contributed by atoms with Crippen LogP contribution in [-0.4, -0.2) is 31.7 Å². The molecule has 1 aromatic heterocycles. The molecule has 39 heavy (non-hydrogen) atoms. The van der Waals surface area contributed by atoms with Crippen molar-refractivity contribution in [2.24, 2.45) is 5.10 Å². The summed E-state index contributed by atoms with van der Waals surface area (Å²) in [5.41, 5.74) is 6.66. The molecule has 0 bridgehead atoms. The molecule has 4 rings (SSSR count). The first-order chi connectivity index (χ1) is 18.5. The molecule has 0 radical (unpaired) electrons. The summed E-state index contributed by atoms with van der Waals surface area (Å²) in [6, 6.07) is 19.9. The number of carbonyl (C=O) groups excluding carboxylic acids is 1. The van der Waals surface area contributed by atoms with Crippen LogP contribution in [0.4, 0.5) is 5.69 Å². The van der Waals surface area contributed by atoms with Gasteiger partial charge in [0.25, 0.3) is 15.9 Å². The Morgan fingerprint density at radius 2 is 1.62 bits per heavy atom. The van der Waals surface area contributed by atoms with E-state index in [9.17, 15) is 13.2 Å². The molecule has 0 saturated heterocycles. The zero-order valence-electron chi connectivity index (χ0n) is 21.3. The van der Waals surface area contributed by atoms with Crippen molar-refractivity contribution in [2.45, 2.75) is 25.7 Å². The van der Waals surface area contributed by atoms with E-state index >= 15 is 0 Å². The van der Waals surface area contributed by atoms with E-state index < -0.39 is 22.5 Å². The average molecular weight is 604 g/mol. The van der Waals surface area contributed by atoms with Crippen LogP contribution in [-0.2, 0) is 14.8 Å². The van der Waals surface area contributed by atoms with Crippen molar-refractivity contribution in [2.75, 3.05) is 10.8 Å². The Hall–Kier alpha value is -3.30. The van der Waals surface area contributed by atoms with Crippen molar-refractivity contribution in [1.29, 1.82) is 0 Å². The number of hydrogen-bond acceptors (Lipinski definition) is 4. The van der Waals surface area contributed by atoms with Crippen molar-refractivity contribution in [1.82, 2.24) is 9.99 Å². The van der Waals surface area contributed by atoms with Gasteiger partial charge in [0.05, 0.1) is 27.5 Å². The predicted octanol–water partition coefficient (Wildman–Crippen LogP) is 6.71. The number of nitrogens with one attached hydrogen (secondary N) is 1. The molecule has 0 aliphatic carbocycles. The number of nitrogens with zero attached hydrogens (tertiary/aromatic N) is 3. The molecule has 1 heterocycles. The molecule has 0 aliphatic rings. The van der Waals surface area contributed by atoms with E-state index in [4.69, 9.17) is 34.8 Å². The molecule has 11 heteroatoms. The Bertz CT molecular complexity index is 1670. The molecule has 0 fully saturated rings. The summed E-state index contributed by atoms with van der Waals surface area (Å²) in [4.78, 5) is 13.0. The normalized spacial score (nSPS) is 11.6. The third kappa shape index (κ3) is 6.31. The number of amides is 1. The smallest absolute Gasteiger partial charge is 0.264 e. The first kappa shape index (κ1) is 28.7. The van der Waals surface area contributed by atoms with Crippen LogP contribution >= 0.6 is 34.8 Å². The quantitative estimate of drug-likeness (QED) is 0.180. The highest BCUT2D eigenvalue weighted by Crippen LogP contribution is 2.30. The largest absolute Gasteiger partial charge is 0.316 e.